The van der Waals surface area contributed by atoms with Gasteiger partial charge in [0.2, 0.25) is 5.75 Å². The second-order valence-corrected chi connectivity index (χ2v) is 6.62. The maximum atomic E-state index is 9.96. The molecule has 3 rings (SSSR count). The highest BCUT2D eigenvalue weighted by Crippen LogP contribution is 2.40. The summed E-state index contributed by atoms with van der Waals surface area (Å²) in [5, 5.41) is 20.2. The number of ether oxygens (including phenoxy) is 2. The van der Waals surface area contributed by atoms with E-state index in [1.165, 1.54) is 31.1 Å². The van der Waals surface area contributed by atoms with Crippen molar-refractivity contribution in [2.24, 2.45) is 4.99 Å². The molecule has 2 aromatic rings. The summed E-state index contributed by atoms with van der Waals surface area (Å²) in [5.41, 5.74) is 2.60. The van der Waals surface area contributed by atoms with Crippen molar-refractivity contribution in [1.82, 2.24) is 0 Å². The first kappa shape index (κ1) is 16.3. The first-order valence-electron chi connectivity index (χ1n) is 7.71. The van der Waals surface area contributed by atoms with Gasteiger partial charge >= 0.3 is 0 Å². The molecule has 0 amide bonds. The fraction of sp³-hybridized carbons (Fsp3) is 0.333. The summed E-state index contributed by atoms with van der Waals surface area (Å²) in [6.07, 6.45) is 5.97. The highest BCUT2D eigenvalue weighted by Gasteiger charge is 2.20. The van der Waals surface area contributed by atoms with Gasteiger partial charge in [-0.15, -0.1) is 11.3 Å². The third-order valence-corrected chi connectivity index (χ3v) is 5.30. The number of aryl methyl sites for hydroxylation is 1. The summed E-state index contributed by atoms with van der Waals surface area (Å²) in [5.74, 6) is 0.602. The zero-order chi connectivity index (χ0) is 17.1. The predicted octanol–water partition coefficient (Wildman–Crippen LogP) is 3.97. The van der Waals surface area contributed by atoms with Crippen LogP contribution in [0.4, 0.5) is 5.00 Å². The van der Waals surface area contributed by atoms with Crippen LogP contribution in [0.2, 0.25) is 0 Å². The van der Waals surface area contributed by atoms with E-state index in [2.05, 4.69) is 11.1 Å². The molecule has 6 heteroatoms. The Morgan fingerprint density at radius 3 is 2.50 bits per heavy atom. The third-order valence-electron chi connectivity index (χ3n) is 4.10. The van der Waals surface area contributed by atoms with Gasteiger partial charge in [-0.25, -0.2) is 4.99 Å². The largest absolute Gasteiger partial charge is 0.502 e. The number of aliphatic imine (C=N–C) groups is 1. The number of methoxy groups -OCH3 is 2. The molecule has 1 N–H and O–H groups in total. The minimum Gasteiger partial charge on any atom is -0.502 e. The van der Waals surface area contributed by atoms with Gasteiger partial charge in [-0.2, -0.15) is 5.26 Å². The molecule has 0 spiro atoms. The lowest BCUT2D eigenvalue weighted by Crippen LogP contribution is -1.99. The lowest BCUT2D eigenvalue weighted by Gasteiger charge is -2.09. The van der Waals surface area contributed by atoms with Crippen LogP contribution in [-0.2, 0) is 12.8 Å². The van der Waals surface area contributed by atoms with Gasteiger partial charge in [0, 0.05) is 16.7 Å². The van der Waals surface area contributed by atoms with E-state index in [0.29, 0.717) is 17.1 Å². The maximum absolute atomic E-state index is 9.96. The first-order chi connectivity index (χ1) is 11.7. The van der Waals surface area contributed by atoms with E-state index < -0.39 is 0 Å². The molecule has 1 aromatic carbocycles. The van der Waals surface area contributed by atoms with Crippen molar-refractivity contribution in [2.75, 3.05) is 14.2 Å². The summed E-state index contributed by atoms with van der Waals surface area (Å²) in [6.45, 7) is 0. The number of aromatic hydroxyl groups is 1. The van der Waals surface area contributed by atoms with Gasteiger partial charge in [-0.1, -0.05) is 0 Å². The van der Waals surface area contributed by atoms with Gasteiger partial charge in [0.25, 0.3) is 0 Å². The molecule has 1 aliphatic carbocycles. The molecule has 0 aliphatic heterocycles. The lowest BCUT2D eigenvalue weighted by molar-refractivity contribution is 0.340. The van der Waals surface area contributed by atoms with Crippen molar-refractivity contribution in [3.05, 3.63) is 33.7 Å². The van der Waals surface area contributed by atoms with Crippen LogP contribution >= 0.6 is 11.3 Å². The third kappa shape index (κ3) is 2.95. The molecule has 5 nitrogen and oxygen atoms in total. The SMILES string of the molecule is COc1cc(C=Nc2sc3c(c2C#N)CCCC3)cc(OC)c1O. The normalized spacial score (nSPS) is 13.5. The Kier molecular flexibility index (Phi) is 4.72. The van der Waals surface area contributed by atoms with Gasteiger partial charge in [0.15, 0.2) is 11.5 Å². The molecule has 0 unspecified atom stereocenters. The number of fused-ring (bicyclic) bond motifs is 1. The van der Waals surface area contributed by atoms with Crippen molar-refractivity contribution in [3.63, 3.8) is 0 Å². The molecule has 0 bridgehead atoms. The van der Waals surface area contributed by atoms with Crippen LogP contribution in [0.1, 0.15) is 34.4 Å². The Labute approximate surface area is 144 Å². The van der Waals surface area contributed by atoms with Gasteiger partial charge in [0.1, 0.15) is 11.1 Å². The number of phenolic OH excluding ortho intramolecular Hbond substituents is 1. The van der Waals surface area contributed by atoms with Crippen molar-refractivity contribution in [3.8, 4) is 23.3 Å². The van der Waals surface area contributed by atoms with Crippen molar-refractivity contribution < 1.29 is 14.6 Å². The molecule has 1 aromatic heterocycles. The minimum atomic E-state index is -0.0403. The van der Waals surface area contributed by atoms with Gasteiger partial charge in [-0.05, 0) is 43.4 Å². The Morgan fingerprint density at radius 1 is 1.21 bits per heavy atom. The monoisotopic (exact) mass is 342 g/mol. The molecule has 0 fully saturated rings. The summed E-state index contributed by atoms with van der Waals surface area (Å²) in [7, 11) is 2.97. The second kappa shape index (κ2) is 6.93. The quantitative estimate of drug-likeness (QED) is 0.853. The first-order valence-corrected chi connectivity index (χ1v) is 8.53. The number of nitriles is 1. The fourth-order valence-electron chi connectivity index (χ4n) is 2.88. The molecule has 0 saturated heterocycles. The summed E-state index contributed by atoms with van der Waals surface area (Å²) in [4.78, 5) is 5.79. The fourth-order valence-corrected chi connectivity index (χ4v) is 4.06. The summed E-state index contributed by atoms with van der Waals surface area (Å²) >= 11 is 1.60. The van der Waals surface area contributed by atoms with E-state index in [4.69, 9.17) is 9.47 Å². The number of rotatable bonds is 4. The highest BCUT2D eigenvalue weighted by molar-refractivity contribution is 7.16. The Balaban J connectivity index is 1.97. The Hall–Kier alpha value is -2.52. The van der Waals surface area contributed by atoms with E-state index in [1.54, 1.807) is 29.7 Å². The van der Waals surface area contributed by atoms with Crippen LogP contribution in [-0.4, -0.2) is 25.5 Å². The van der Waals surface area contributed by atoms with Crippen molar-refractivity contribution >= 4 is 22.6 Å². The second-order valence-electron chi connectivity index (χ2n) is 5.54. The number of hydrogen-bond donors (Lipinski definition) is 1. The van der Waals surface area contributed by atoms with Gasteiger partial charge in [-0.3, -0.25) is 0 Å². The maximum Gasteiger partial charge on any atom is 0.200 e. The predicted molar refractivity (Wildman–Crippen MR) is 94.1 cm³/mol. The van der Waals surface area contributed by atoms with E-state index >= 15 is 0 Å². The number of phenols is 1. The number of thiophene rings is 1. The highest BCUT2D eigenvalue weighted by atomic mass is 32.1. The number of hydrogen-bond acceptors (Lipinski definition) is 6. The molecule has 1 aliphatic rings. The van der Waals surface area contributed by atoms with Crippen LogP contribution in [0, 0.1) is 11.3 Å². The van der Waals surface area contributed by atoms with Crippen LogP contribution in [0.3, 0.4) is 0 Å². The standard InChI is InChI=1S/C18H18N2O3S/c1-22-14-7-11(8-15(23-2)17(14)21)10-20-18-13(9-19)12-5-3-4-6-16(12)24-18/h7-8,10,21H,3-6H2,1-2H3. The number of benzene rings is 1. The lowest BCUT2D eigenvalue weighted by atomic mass is 9.96. The van der Waals surface area contributed by atoms with Crippen LogP contribution < -0.4 is 9.47 Å². The zero-order valence-corrected chi connectivity index (χ0v) is 14.4. The minimum absolute atomic E-state index is 0.0403. The molecule has 24 heavy (non-hydrogen) atoms. The van der Waals surface area contributed by atoms with Crippen LogP contribution in [0.15, 0.2) is 17.1 Å². The van der Waals surface area contributed by atoms with Crippen molar-refractivity contribution in [1.29, 1.82) is 5.26 Å². The topological polar surface area (TPSA) is 74.8 Å². The van der Waals surface area contributed by atoms with E-state index in [-0.39, 0.29) is 5.75 Å². The zero-order valence-electron chi connectivity index (χ0n) is 13.6. The van der Waals surface area contributed by atoms with E-state index in [0.717, 1.165) is 29.8 Å². The molecule has 1 heterocycles. The molecule has 0 radical (unpaired) electrons. The van der Waals surface area contributed by atoms with Gasteiger partial charge < -0.3 is 14.6 Å². The van der Waals surface area contributed by atoms with Crippen molar-refractivity contribution in [2.45, 2.75) is 25.7 Å². The molecular formula is C18H18N2O3S. The Morgan fingerprint density at radius 2 is 1.88 bits per heavy atom. The molecule has 124 valence electrons. The average molecular weight is 342 g/mol. The van der Waals surface area contributed by atoms with Crippen LogP contribution in [0.25, 0.3) is 0 Å². The van der Waals surface area contributed by atoms with E-state index in [1.807, 2.05) is 0 Å². The molecular weight excluding hydrogens is 324 g/mol. The summed E-state index contributed by atoms with van der Waals surface area (Å²) < 4.78 is 10.3. The molecule has 0 atom stereocenters. The Bertz CT molecular complexity index is 809. The number of nitrogens with zero attached hydrogens (tertiary/aromatic N) is 2. The average Bonchev–Trinajstić information content (AvgIpc) is 2.98. The summed E-state index contributed by atoms with van der Waals surface area (Å²) in [6, 6.07) is 5.66. The smallest absolute Gasteiger partial charge is 0.200 e. The van der Waals surface area contributed by atoms with Crippen LogP contribution in [0.5, 0.6) is 17.2 Å². The molecule has 0 saturated carbocycles. The van der Waals surface area contributed by atoms with Gasteiger partial charge in [0.05, 0.1) is 19.8 Å². The van der Waals surface area contributed by atoms with E-state index in [9.17, 15) is 10.4 Å².